The summed E-state index contributed by atoms with van der Waals surface area (Å²) in [7, 11) is 0. The molecule has 0 bridgehead atoms. The Labute approximate surface area is 286 Å². The highest BCUT2D eigenvalue weighted by atomic mass is 16.7. The molecule has 0 unspecified atom stereocenters. The zero-order valence-corrected chi connectivity index (χ0v) is 30.9. The lowest BCUT2D eigenvalue weighted by Gasteiger charge is -2.47. The molecule has 1 heterocycles. The molecule has 0 aliphatic carbocycles. The van der Waals surface area contributed by atoms with Crippen LogP contribution in [0.25, 0.3) is 6.08 Å². The van der Waals surface area contributed by atoms with E-state index in [1.54, 1.807) is 89.2 Å². The molecular weight excluding hydrogens is 614 g/mol. The predicted octanol–water partition coefficient (Wildman–Crippen LogP) is 6.42. The molecule has 1 aromatic rings. The number of ether oxygens (including phenoxy) is 5. The van der Waals surface area contributed by atoms with Crippen LogP contribution >= 0.6 is 0 Å². The fourth-order valence-electron chi connectivity index (χ4n) is 4.25. The van der Waals surface area contributed by atoms with E-state index in [0.717, 1.165) is 5.56 Å². The smallest absolute Gasteiger partial charge is 0.311 e. The molecular formula is C38H57NO9. The van der Waals surface area contributed by atoms with Crippen LogP contribution in [0.3, 0.4) is 0 Å². The van der Waals surface area contributed by atoms with Gasteiger partial charge in [-0.1, -0.05) is 48.6 Å². The van der Waals surface area contributed by atoms with E-state index < -0.39 is 76.2 Å². The lowest BCUT2D eigenvalue weighted by Crippen LogP contribution is -2.67. The van der Waals surface area contributed by atoms with Gasteiger partial charge in [-0.2, -0.15) is 0 Å². The summed E-state index contributed by atoms with van der Waals surface area (Å²) in [6, 6.07) is 9.32. The van der Waals surface area contributed by atoms with Crippen molar-refractivity contribution in [2.75, 3.05) is 6.61 Å². The first kappa shape index (κ1) is 40.7. The maximum absolute atomic E-state index is 13.5. The first-order valence-electron chi connectivity index (χ1n) is 16.5. The van der Waals surface area contributed by atoms with E-state index in [0.29, 0.717) is 6.42 Å². The maximum atomic E-state index is 13.5. The van der Waals surface area contributed by atoms with Crippen LogP contribution in [0.15, 0.2) is 49.1 Å². The summed E-state index contributed by atoms with van der Waals surface area (Å²) in [5.74, 6) is -2.31. The van der Waals surface area contributed by atoms with E-state index in [2.05, 4.69) is 11.9 Å². The second kappa shape index (κ2) is 16.3. The fourth-order valence-corrected chi connectivity index (χ4v) is 4.25. The fraction of sp³-hybridized carbons (Fsp3) is 0.632. The Morgan fingerprint density at radius 1 is 0.729 bits per heavy atom. The van der Waals surface area contributed by atoms with Crippen LogP contribution in [0.1, 0.15) is 95.1 Å². The standard InChI is InChI=1S/C38H57NO9/c1-14-18-25(22-21-24-19-16-15-17-20-24)39-30-29(48-34(43)38(11,12)13)28(47-33(42)37(8,9)10)27(46-32(41)36(5,6)7)26(45-30)23-44-31(40)35(2,3)4/h14-17,19-22,25-30,39H,1,18,23H2,2-13H3/b22-21+/t25-,26+,27-,28-,29+,30+/m0/s1. The van der Waals surface area contributed by atoms with Crippen LogP contribution in [-0.4, -0.2) is 67.2 Å². The molecule has 1 N–H and O–H groups in total. The minimum Gasteiger partial charge on any atom is -0.462 e. The highest BCUT2D eigenvalue weighted by Gasteiger charge is 2.54. The van der Waals surface area contributed by atoms with Gasteiger partial charge in [0.2, 0.25) is 0 Å². The Hall–Kier alpha value is -3.50. The average molecular weight is 672 g/mol. The topological polar surface area (TPSA) is 126 Å². The second-order valence-electron chi connectivity index (χ2n) is 16.4. The molecule has 0 spiro atoms. The number of benzene rings is 1. The Kier molecular flexibility index (Phi) is 13.8. The maximum Gasteiger partial charge on any atom is 0.311 e. The summed E-state index contributed by atoms with van der Waals surface area (Å²) < 4.78 is 30.5. The minimum absolute atomic E-state index is 0.328. The van der Waals surface area contributed by atoms with Gasteiger partial charge in [-0.15, -0.1) is 6.58 Å². The van der Waals surface area contributed by atoms with Gasteiger partial charge in [0, 0.05) is 6.04 Å². The Bertz CT molecular complexity index is 1290. The van der Waals surface area contributed by atoms with Gasteiger partial charge < -0.3 is 23.7 Å². The monoisotopic (exact) mass is 671 g/mol. The summed E-state index contributed by atoms with van der Waals surface area (Å²) in [5, 5.41) is 3.40. The van der Waals surface area contributed by atoms with Crippen molar-refractivity contribution < 1.29 is 42.9 Å². The molecule has 1 fully saturated rings. The van der Waals surface area contributed by atoms with Crippen molar-refractivity contribution >= 4 is 30.0 Å². The summed E-state index contributed by atoms with van der Waals surface area (Å²) in [5.41, 5.74) is -2.71. The molecule has 0 radical (unpaired) electrons. The lowest BCUT2D eigenvalue weighted by atomic mass is 9.92. The number of carbonyl (C=O) groups excluding carboxylic acids is 4. The van der Waals surface area contributed by atoms with Crippen molar-refractivity contribution in [1.29, 1.82) is 0 Å². The molecule has 268 valence electrons. The summed E-state index contributed by atoms with van der Waals surface area (Å²) in [6.07, 6.45) is -0.0416. The number of hydrogen-bond donors (Lipinski definition) is 1. The zero-order valence-electron chi connectivity index (χ0n) is 30.9. The van der Waals surface area contributed by atoms with Gasteiger partial charge in [0.1, 0.15) is 12.7 Å². The first-order chi connectivity index (χ1) is 21.9. The molecule has 6 atom stereocenters. The van der Waals surface area contributed by atoms with Gasteiger partial charge in [-0.05, 0) is 95.1 Å². The van der Waals surface area contributed by atoms with Crippen molar-refractivity contribution in [1.82, 2.24) is 5.32 Å². The second-order valence-corrected chi connectivity index (χ2v) is 16.4. The number of carbonyl (C=O) groups is 4. The normalized spacial score (nSPS) is 22.8. The van der Waals surface area contributed by atoms with Crippen LogP contribution in [0, 0.1) is 21.7 Å². The van der Waals surface area contributed by atoms with E-state index in [9.17, 15) is 19.2 Å². The van der Waals surface area contributed by atoms with Gasteiger partial charge in [0.05, 0.1) is 21.7 Å². The van der Waals surface area contributed by atoms with Crippen molar-refractivity contribution in [3.63, 3.8) is 0 Å². The average Bonchev–Trinajstić information content (AvgIpc) is 2.95. The van der Waals surface area contributed by atoms with Crippen molar-refractivity contribution in [3.05, 3.63) is 54.6 Å². The molecule has 2 rings (SSSR count). The van der Waals surface area contributed by atoms with E-state index in [1.165, 1.54) is 0 Å². The highest BCUT2D eigenvalue weighted by Crippen LogP contribution is 2.34. The third-order valence-electron chi connectivity index (χ3n) is 7.31. The highest BCUT2D eigenvalue weighted by molar-refractivity contribution is 5.78. The number of nitrogens with one attached hydrogen (secondary N) is 1. The number of rotatable bonds is 11. The van der Waals surface area contributed by atoms with Gasteiger partial charge in [-0.3, -0.25) is 24.5 Å². The van der Waals surface area contributed by atoms with Gasteiger partial charge in [-0.25, -0.2) is 0 Å². The summed E-state index contributed by atoms with van der Waals surface area (Å²) in [6.45, 7) is 23.9. The van der Waals surface area contributed by atoms with Crippen LogP contribution in [0.5, 0.6) is 0 Å². The van der Waals surface area contributed by atoms with Crippen molar-refractivity contribution in [3.8, 4) is 0 Å². The van der Waals surface area contributed by atoms with Crippen LogP contribution in [0.4, 0.5) is 0 Å². The third kappa shape index (κ3) is 12.2. The molecule has 10 nitrogen and oxygen atoms in total. The molecule has 0 amide bonds. The van der Waals surface area contributed by atoms with E-state index in [-0.39, 0.29) is 12.6 Å². The molecule has 0 aromatic heterocycles. The minimum atomic E-state index is -1.33. The van der Waals surface area contributed by atoms with Gasteiger partial charge in [0.15, 0.2) is 24.5 Å². The first-order valence-corrected chi connectivity index (χ1v) is 16.5. The SMILES string of the molecule is C=CC[C@@H](/C=C/c1ccccc1)N[C@@H]1O[C@H](COC(=O)C(C)(C)C)[C@H](OC(=O)C(C)(C)C)[C@H](OC(=O)C(C)(C)C)[C@H]1OC(=O)C(C)(C)C. The molecule has 0 saturated carbocycles. The molecule has 1 saturated heterocycles. The molecule has 1 aliphatic rings. The largest absolute Gasteiger partial charge is 0.462 e. The summed E-state index contributed by atoms with van der Waals surface area (Å²) in [4.78, 5) is 53.3. The van der Waals surface area contributed by atoms with Crippen LogP contribution in [0.2, 0.25) is 0 Å². The Balaban J connectivity index is 2.73. The zero-order chi connectivity index (χ0) is 36.7. The van der Waals surface area contributed by atoms with E-state index in [4.69, 9.17) is 23.7 Å². The van der Waals surface area contributed by atoms with Crippen LogP contribution in [-0.2, 0) is 42.9 Å². The number of esters is 4. The quantitative estimate of drug-likeness (QED) is 0.160. The van der Waals surface area contributed by atoms with Gasteiger partial charge in [0.25, 0.3) is 0 Å². The Morgan fingerprint density at radius 2 is 1.19 bits per heavy atom. The molecule has 1 aliphatic heterocycles. The van der Waals surface area contributed by atoms with Gasteiger partial charge >= 0.3 is 23.9 Å². The lowest BCUT2D eigenvalue weighted by molar-refractivity contribution is -0.265. The summed E-state index contributed by atoms with van der Waals surface area (Å²) >= 11 is 0. The van der Waals surface area contributed by atoms with Crippen molar-refractivity contribution in [2.24, 2.45) is 21.7 Å². The van der Waals surface area contributed by atoms with E-state index in [1.807, 2.05) is 42.5 Å². The number of hydrogen-bond acceptors (Lipinski definition) is 10. The van der Waals surface area contributed by atoms with E-state index >= 15 is 0 Å². The molecule has 10 heteroatoms. The molecule has 48 heavy (non-hydrogen) atoms. The predicted molar refractivity (Wildman–Crippen MR) is 184 cm³/mol. The van der Waals surface area contributed by atoms with Crippen molar-refractivity contribution in [2.45, 2.75) is 126 Å². The Morgan fingerprint density at radius 3 is 1.65 bits per heavy atom. The molecule has 1 aromatic carbocycles. The van der Waals surface area contributed by atoms with Crippen LogP contribution < -0.4 is 5.32 Å². The third-order valence-corrected chi connectivity index (χ3v) is 7.31.